The van der Waals surface area contributed by atoms with Crippen molar-refractivity contribution in [2.45, 2.75) is 0 Å². The molecular weight excluding hydrogens is 200 g/mol. The highest BCUT2D eigenvalue weighted by molar-refractivity contribution is 5.58. The molecule has 2 aromatic rings. The molecule has 0 saturated heterocycles. The van der Waals surface area contributed by atoms with E-state index in [1.54, 1.807) is 12.1 Å². The summed E-state index contributed by atoms with van der Waals surface area (Å²) in [6.45, 7) is 0. The minimum absolute atomic E-state index is 0.392. The van der Waals surface area contributed by atoms with Crippen LogP contribution in [0.5, 0.6) is 0 Å². The van der Waals surface area contributed by atoms with Gasteiger partial charge < -0.3 is 11.1 Å². The molecule has 0 aliphatic heterocycles. The molecule has 78 valence electrons. The summed E-state index contributed by atoms with van der Waals surface area (Å²) in [6.07, 6.45) is 5.31. The molecule has 1 aromatic heterocycles. The van der Waals surface area contributed by atoms with Gasteiger partial charge in [-0.3, -0.25) is 0 Å². The number of terminal acetylenes is 1. The second-order valence-corrected chi connectivity index (χ2v) is 3.19. The van der Waals surface area contributed by atoms with Crippen LogP contribution in [-0.2, 0) is 0 Å². The predicted octanol–water partition coefficient (Wildman–Crippen LogP) is 1.78. The molecule has 0 bridgehead atoms. The average molecular weight is 210 g/mol. The molecule has 0 saturated carbocycles. The van der Waals surface area contributed by atoms with E-state index in [4.69, 9.17) is 12.2 Å². The number of nitrogen functional groups attached to an aromatic ring is 1. The number of nitrogens with two attached hydrogens (primary N) is 1. The number of anilines is 3. The van der Waals surface area contributed by atoms with Crippen molar-refractivity contribution in [2.24, 2.45) is 0 Å². The van der Waals surface area contributed by atoms with E-state index in [0.717, 1.165) is 11.3 Å². The van der Waals surface area contributed by atoms with E-state index < -0.39 is 0 Å². The Hall–Kier alpha value is -2.54. The SMILES string of the molecule is C#Cc1cccc(Nc2ccc(N)nn2)c1. The minimum Gasteiger partial charge on any atom is -0.382 e. The zero-order valence-corrected chi connectivity index (χ0v) is 8.51. The summed E-state index contributed by atoms with van der Waals surface area (Å²) in [5.41, 5.74) is 7.12. The first-order chi connectivity index (χ1) is 7.78. The topological polar surface area (TPSA) is 63.8 Å². The molecule has 0 fully saturated rings. The molecule has 4 nitrogen and oxygen atoms in total. The molecule has 4 heteroatoms. The van der Waals surface area contributed by atoms with Gasteiger partial charge >= 0.3 is 0 Å². The Bertz CT molecular complexity index is 525. The van der Waals surface area contributed by atoms with Crippen LogP contribution in [0.25, 0.3) is 0 Å². The van der Waals surface area contributed by atoms with Crippen LogP contribution < -0.4 is 11.1 Å². The number of rotatable bonds is 2. The molecule has 0 atom stereocenters. The molecule has 0 spiro atoms. The Kier molecular flexibility index (Phi) is 2.70. The van der Waals surface area contributed by atoms with E-state index in [9.17, 15) is 0 Å². The summed E-state index contributed by atoms with van der Waals surface area (Å²) in [7, 11) is 0. The van der Waals surface area contributed by atoms with E-state index in [-0.39, 0.29) is 0 Å². The van der Waals surface area contributed by atoms with Crippen molar-refractivity contribution in [3.05, 3.63) is 42.0 Å². The fourth-order valence-electron chi connectivity index (χ4n) is 1.24. The summed E-state index contributed by atoms with van der Waals surface area (Å²) < 4.78 is 0. The van der Waals surface area contributed by atoms with Gasteiger partial charge in [-0.05, 0) is 30.3 Å². The third-order valence-electron chi connectivity index (χ3n) is 1.99. The van der Waals surface area contributed by atoms with E-state index >= 15 is 0 Å². The summed E-state index contributed by atoms with van der Waals surface area (Å²) >= 11 is 0. The lowest BCUT2D eigenvalue weighted by Crippen LogP contribution is -1.98. The van der Waals surface area contributed by atoms with Crippen LogP contribution in [0.3, 0.4) is 0 Å². The highest BCUT2D eigenvalue weighted by Gasteiger charge is 1.97. The zero-order valence-electron chi connectivity index (χ0n) is 8.51. The zero-order chi connectivity index (χ0) is 11.4. The monoisotopic (exact) mass is 210 g/mol. The van der Waals surface area contributed by atoms with E-state index in [0.29, 0.717) is 11.6 Å². The fourth-order valence-corrected chi connectivity index (χ4v) is 1.24. The van der Waals surface area contributed by atoms with Crippen molar-refractivity contribution in [1.82, 2.24) is 10.2 Å². The van der Waals surface area contributed by atoms with Crippen LogP contribution >= 0.6 is 0 Å². The number of hydrogen-bond acceptors (Lipinski definition) is 4. The lowest BCUT2D eigenvalue weighted by molar-refractivity contribution is 1.05. The maximum absolute atomic E-state index is 5.44. The van der Waals surface area contributed by atoms with Crippen LogP contribution in [0, 0.1) is 12.3 Å². The second kappa shape index (κ2) is 4.32. The molecule has 3 N–H and O–H groups in total. The predicted molar refractivity (Wildman–Crippen MR) is 64.1 cm³/mol. The molecule has 0 radical (unpaired) electrons. The van der Waals surface area contributed by atoms with Gasteiger partial charge in [0.25, 0.3) is 0 Å². The van der Waals surface area contributed by atoms with Crippen molar-refractivity contribution < 1.29 is 0 Å². The van der Waals surface area contributed by atoms with Crippen LogP contribution in [0.1, 0.15) is 5.56 Å². The summed E-state index contributed by atoms with van der Waals surface area (Å²) in [5.74, 6) is 3.59. The normalized spacial score (nSPS) is 9.44. The van der Waals surface area contributed by atoms with Crippen molar-refractivity contribution in [2.75, 3.05) is 11.1 Å². The average Bonchev–Trinajstić information content (AvgIpc) is 2.32. The summed E-state index contributed by atoms with van der Waals surface area (Å²) in [6, 6.07) is 10.9. The highest BCUT2D eigenvalue weighted by Crippen LogP contribution is 2.15. The smallest absolute Gasteiger partial charge is 0.153 e. The van der Waals surface area contributed by atoms with E-state index in [1.807, 2.05) is 24.3 Å². The third-order valence-corrected chi connectivity index (χ3v) is 1.99. The first-order valence-corrected chi connectivity index (χ1v) is 4.71. The molecule has 1 aromatic carbocycles. The molecular formula is C12H10N4. The first-order valence-electron chi connectivity index (χ1n) is 4.71. The van der Waals surface area contributed by atoms with Crippen molar-refractivity contribution >= 4 is 17.3 Å². The molecule has 0 unspecified atom stereocenters. The van der Waals surface area contributed by atoms with Crippen LogP contribution in [0.4, 0.5) is 17.3 Å². The summed E-state index contributed by atoms with van der Waals surface area (Å²) in [4.78, 5) is 0. The Morgan fingerprint density at radius 1 is 1.19 bits per heavy atom. The molecule has 0 aliphatic carbocycles. The van der Waals surface area contributed by atoms with Gasteiger partial charge in [0.2, 0.25) is 0 Å². The van der Waals surface area contributed by atoms with Gasteiger partial charge in [-0.2, -0.15) is 0 Å². The Morgan fingerprint density at radius 2 is 2.06 bits per heavy atom. The van der Waals surface area contributed by atoms with Gasteiger partial charge in [0.05, 0.1) is 0 Å². The van der Waals surface area contributed by atoms with Gasteiger partial charge in [-0.25, -0.2) is 0 Å². The lowest BCUT2D eigenvalue weighted by Gasteiger charge is -2.04. The fraction of sp³-hybridized carbons (Fsp3) is 0. The number of nitrogens with one attached hydrogen (secondary N) is 1. The van der Waals surface area contributed by atoms with E-state index in [1.165, 1.54) is 0 Å². The van der Waals surface area contributed by atoms with Gasteiger partial charge in [0, 0.05) is 11.3 Å². The lowest BCUT2D eigenvalue weighted by atomic mass is 10.2. The Morgan fingerprint density at radius 3 is 2.75 bits per heavy atom. The maximum Gasteiger partial charge on any atom is 0.153 e. The van der Waals surface area contributed by atoms with Crippen molar-refractivity contribution in [3.8, 4) is 12.3 Å². The molecule has 2 rings (SSSR count). The van der Waals surface area contributed by atoms with Crippen molar-refractivity contribution in [1.29, 1.82) is 0 Å². The number of hydrogen-bond donors (Lipinski definition) is 2. The Balaban J connectivity index is 2.21. The first kappa shape index (κ1) is 9.99. The van der Waals surface area contributed by atoms with Gasteiger partial charge in [-0.1, -0.05) is 12.0 Å². The quantitative estimate of drug-likeness (QED) is 0.742. The Labute approximate surface area is 93.5 Å². The molecule has 1 heterocycles. The molecule has 16 heavy (non-hydrogen) atoms. The molecule has 0 aliphatic rings. The van der Waals surface area contributed by atoms with Crippen molar-refractivity contribution in [3.63, 3.8) is 0 Å². The standard InChI is InChI=1S/C12H10N4/c1-2-9-4-3-5-10(8-9)14-12-7-6-11(13)15-16-12/h1,3-8H,(H2,13,15)(H,14,16). The van der Waals surface area contributed by atoms with Crippen LogP contribution in [0.2, 0.25) is 0 Å². The maximum atomic E-state index is 5.44. The van der Waals surface area contributed by atoms with Gasteiger partial charge in [0.1, 0.15) is 5.82 Å². The highest BCUT2D eigenvalue weighted by atomic mass is 15.2. The van der Waals surface area contributed by atoms with Gasteiger partial charge in [0.15, 0.2) is 5.82 Å². The molecule has 0 amide bonds. The second-order valence-electron chi connectivity index (χ2n) is 3.19. The van der Waals surface area contributed by atoms with E-state index in [2.05, 4.69) is 21.4 Å². The van der Waals surface area contributed by atoms with Gasteiger partial charge in [-0.15, -0.1) is 16.6 Å². The van der Waals surface area contributed by atoms with Crippen LogP contribution in [-0.4, -0.2) is 10.2 Å². The largest absolute Gasteiger partial charge is 0.382 e. The minimum atomic E-state index is 0.392. The third kappa shape index (κ3) is 2.28. The number of aromatic nitrogens is 2. The number of benzene rings is 1. The van der Waals surface area contributed by atoms with Crippen LogP contribution in [0.15, 0.2) is 36.4 Å². The summed E-state index contributed by atoms with van der Waals surface area (Å²) in [5, 5.41) is 10.7. The number of nitrogens with zero attached hydrogens (tertiary/aromatic N) is 2.